The van der Waals surface area contributed by atoms with Crippen LogP contribution in [0.4, 0.5) is 0 Å². The maximum atomic E-state index is 13.5. The van der Waals surface area contributed by atoms with E-state index in [1.807, 2.05) is 0 Å². The number of aliphatic hydroxyl groups excluding tert-OH is 2. The Morgan fingerprint density at radius 1 is 0.587 bits per heavy atom. The molecule has 0 radical (unpaired) electrons. The molecule has 6 nitrogen and oxygen atoms in total. The number of hydrogen-bond acceptors (Lipinski definition) is 6. The van der Waals surface area contributed by atoms with Crippen LogP contribution in [0, 0.1) is 5.41 Å². The maximum absolute atomic E-state index is 13.5. The lowest BCUT2D eigenvalue weighted by Gasteiger charge is -2.53. The van der Waals surface area contributed by atoms with Crippen LogP contribution in [0.5, 0.6) is 0 Å². The third-order valence-corrected chi connectivity index (χ3v) is 10.8. The molecule has 0 aromatic rings. The van der Waals surface area contributed by atoms with E-state index in [0.717, 1.165) is 89.9 Å². The molecule has 1 aliphatic rings. The number of esters is 1. The summed E-state index contributed by atoms with van der Waals surface area (Å²) in [6.45, 7) is 10.7. The van der Waals surface area contributed by atoms with Crippen LogP contribution in [0.25, 0.3) is 0 Å². The normalized spacial score (nSPS) is 18.0. The minimum absolute atomic E-state index is 0.127. The number of ketones is 1. The van der Waals surface area contributed by atoms with Crippen LogP contribution in [-0.2, 0) is 19.1 Å². The van der Waals surface area contributed by atoms with Crippen LogP contribution in [0.2, 0.25) is 0 Å². The number of carbonyl (C=O) groups is 2. The average molecular weight is 653 g/mol. The molecule has 0 spiro atoms. The molecule has 3 atom stereocenters. The lowest BCUT2D eigenvalue weighted by atomic mass is 9.59. The highest BCUT2D eigenvalue weighted by atomic mass is 16.6. The van der Waals surface area contributed by atoms with E-state index >= 15 is 0 Å². The molecule has 0 bridgehead atoms. The summed E-state index contributed by atoms with van der Waals surface area (Å²) in [5, 5.41) is 20.6. The zero-order chi connectivity index (χ0) is 34.1. The lowest BCUT2D eigenvalue weighted by Crippen LogP contribution is -2.56. The van der Waals surface area contributed by atoms with Crippen molar-refractivity contribution in [1.82, 2.24) is 0 Å². The monoisotopic (exact) mass is 653 g/mol. The van der Waals surface area contributed by atoms with Crippen LogP contribution in [0.15, 0.2) is 0 Å². The van der Waals surface area contributed by atoms with Crippen molar-refractivity contribution in [2.75, 3.05) is 6.61 Å². The molecular formula is C40H76O6. The Morgan fingerprint density at radius 3 is 1.33 bits per heavy atom. The first kappa shape index (κ1) is 43.0. The summed E-state index contributed by atoms with van der Waals surface area (Å²) in [5.74, 6) is -1.64. The van der Waals surface area contributed by atoms with Crippen molar-refractivity contribution in [3.05, 3.63) is 0 Å². The zero-order valence-electron chi connectivity index (χ0n) is 31.1. The third-order valence-electron chi connectivity index (χ3n) is 10.8. The number of unbranched alkanes of at least 4 members (excludes halogenated alkanes) is 17. The smallest absolute Gasteiger partial charge is 0.378 e. The van der Waals surface area contributed by atoms with E-state index in [-0.39, 0.29) is 5.41 Å². The summed E-state index contributed by atoms with van der Waals surface area (Å²) in [4.78, 5) is 26.2. The molecule has 1 aliphatic heterocycles. The molecule has 6 heteroatoms. The van der Waals surface area contributed by atoms with Gasteiger partial charge >= 0.3 is 5.97 Å². The Kier molecular flexibility index (Phi) is 24.3. The molecule has 46 heavy (non-hydrogen) atoms. The Balaban J connectivity index is 3.76. The SMILES string of the molecule is CCCCCCCCC(CCCCCC)(CCCCCC)C(CCCCCC)(CCCCCC)OC1C(=O)C(=O)O[C@@H]1[C@@H](O)CO. The van der Waals surface area contributed by atoms with Gasteiger partial charge in [-0.3, -0.25) is 4.79 Å². The second-order valence-corrected chi connectivity index (χ2v) is 14.6. The molecule has 0 aliphatic carbocycles. The van der Waals surface area contributed by atoms with Gasteiger partial charge in [0.25, 0.3) is 5.78 Å². The van der Waals surface area contributed by atoms with Crippen LogP contribution in [-0.4, -0.2) is 52.5 Å². The number of cyclic esters (lactones) is 1. The number of aliphatic hydroxyl groups is 2. The average Bonchev–Trinajstić information content (AvgIpc) is 3.34. The summed E-state index contributed by atoms with van der Waals surface area (Å²) < 4.78 is 12.7. The highest BCUT2D eigenvalue weighted by Crippen LogP contribution is 2.54. The first-order chi connectivity index (χ1) is 22.3. The lowest BCUT2D eigenvalue weighted by molar-refractivity contribution is -0.208. The van der Waals surface area contributed by atoms with Gasteiger partial charge in [-0.25, -0.2) is 4.79 Å². The topological polar surface area (TPSA) is 93.1 Å². The predicted octanol–water partition coefficient (Wildman–Crippen LogP) is 10.6. The second kappa shape index (κ2) is 26.0. The molecular weight excluding hydrogens is 576 g/mol. The van der Waals surface area contributed by atoms with Crippen LogP contribution < -0.4 is 0 Å². The third kappa shape index (κ3) is 14.6. The van der Waals surface area contributed by atoms with Gasteiger partial charge < -0.3 is 19.7 Å². The largest absolute Gasteiger partial charge is 0.450 e. The molecule has 2 N–H and O–H groups in total. The molecule has 1 heterocycles. The van der Waals surface area contributed by atoms with Crippen molar-refractivity contribution in [3.63, 3.8) is 0 Å². The Bertz CT molecular complexity index is 743. The van der Waals surface area contributed by atoms with Crippen molar-refractivity contribution in [3.8, 4) is 0 Å². The fourth-order valence-corrected chi connectivity index (χ4v) is 7.91. The van der Waals surface area contributed by atoms with E-state index in [9.17, 15) is 19.8 Å². The number of Topliss-reactive ketones (excluding diaryl/α,β-unsaturated/α-hetero) is 1. The van der Waals surface area contributed by atoms with Crippen molar-refractivity contribution in [1.29, 1.82) is 0 Å². The summed E-state index contributed by atoms with van der Waals surface area (Å²) in [6, 6.07) is 0. The van der Waals surface area contributed by atoms with Gasteiger partial charge in [-0.05, 0) is 37.5 Å². The van der Waals surface area contributed by atoms with Gasteiger partial charge in [0.15, 0.2) is 12.2 Å². The first-order valence-corrected chi connectivity index (χ1v) is 20.0. The number of ether oxygens (including phenoxy) is 2. The second-order valence-electron chi connectivity index (χ2n) is 14.6. The highest BCUT2D eigenvalue weighted by Gasteiger charge is 2.56. The Labute approximate surface area is 284 Å². The highest BCUT2D eigenvalue weighted by molar-refractivity contribution is 6.37. The van der Waals surface area contributed by atoms with Gasteiger partial charge in [0.05, 0.1) is 12.2 Å². The Hall–Kier alpha value is -0.980. The van der Waals surface area contributed by atoms with Gasteiger partial charge in [-0.2, -0.15) is 0 Å². The van der Waals surface area contributed by atoms with Crippen molar-refractivity contribution in [2.45, 2.75) is 232 Å². The Morgan fingerprint density at radius 2 is 0.935 bits per heavy atom. The molecule has 0 aromatic carbocycles. The molecule has 0 amide bonds. The van der Waals surface area contributed by atoms with E-state index < -0.39 is 42.3 Å². The first-order valence-electron chi connectivity index (χ1n) is 20.0. The summed E-state index contributed by atoms with van der Waals surface area (Å²) in [5.41, 5.74) is -0.726. The van der Waals surface area contributed by atoms with Gasteiger partial charge in [0, 0.05) is 0 Å². The fraction of sp³-hybridized carbons (Fsp3) is 0.950. The minimum atomic E-state index is -1.35. The molecule has 1 fully saturated rings. The summed E-state index contributed by atoms with van der Waals surface area (Å²) in [6.07, 6.45) is 27.0. The van der Waals surface area contributed by atoms with Crippen molar-refractivity contribution < 1.29 is 29.3 Å². The summed E-state index contributed by atoms with van der Waals surface area (Å²) >= 11 is 0. The predicted molar refractivity (Wildman–Crippen MR) is 191 cm³/mol. The quantitative estimate of drug-likeness (QED) is 0.0427. The molecule has 1 unspecified atom stereocenters. The van der Waals surface area contributed by atoms with E-state index in [0.29, 0.717) is 0 Å². The molecule has 1 saturated heterocycles. The molecule has 0 aromatic heterocycles. The number of hydrogen-bond donors (Lipinski definition) is 2. The summed E-state index contributed by atoms with van der Waals surface area (Å²) in [7, 11) is 0. The van der Waals surface area contributed by atoms with Gasteiger partial charge in [-0.1, -0.05) is 176 Å². The van der Waals surface area contributed by atoms with Crippen molar-refractivity contribution in [2.24, 2.45) is 5.41 Å². The number of rotatable bonds is 32. The minimum Gasteiger partial charge on any atom is -0.450 e. The molecule has 272 valence electrons. The molecule has 1 rings (SSSR count). The van der Waals surface area contributed by atoms with E-state index in [4.69, 9.17) is 9.47 Å². The van der Waals surface area contributed by atoms with Gasteiger partial charge in [-0.15, -0.1) is 0 Å². The van der Waals surface area contributed by atoms with E-state index in [1.54, 1.807) is 0 Å². The standard InChI is InChI=1S/C40H76O6/c1-6-11-16-21-22-25-30-39(28-23-17-12-7-2,29-24-18-13-8-3)40(31-26-19-14-9-4,32-27-20-15-10-5)46-37-35(43)38(44)45-36(37)34(42)33-41/h34,36-37,41-42H,6-33H2,1-5H3/t34-,36+,37?/m0/s1. The van der Waals surface area contributed by atoms with Crippen molar-refractivity contribution >= 4 is 11.8 Å². The van der Waals surface area contributed by atoms with Gasteiger partial charge in [0.2, 0.25) is 0 Å². The maximum Gasteiger partial charge on any atom is 0.378 e. The van der Waals surface area contributed by atoms with Crippen LogP contribution in [0.3, 0.4) is 0 Å². The van der Waals surface area contributed by atoms with E-state index in [2.05, 4.69) is 34.6 Å². The number of carbonyl (C=O) groups excluding carboxylic acids is 2. The zero-order valence-corrected chi connectivity index (χ0v) is 31.1. The van der Waals surface area contributed by atoms with Crippen LogP contribution >= 0.6 is 0 Å². The van der Waals surface area contributed by atoms with Crippen LogP contribution in [0.1, 0.15) is 208 Å². The van der Waals surface area contributed by atoms with Gasteiger partial charge in [0.1, 0.15) is 6.10 Å². The molecule has 0 saturated carbocycles. The fourth-order valence-electron chi connectivity index (χ4n) is 7.91. The van der Waals surface area contributed by atoms with E-state index in [1.165, 1.54) is 83.5 Å².